The van der Waals surface area contributed by atoms with Crippen LogP contribution in [-0.2, 0) is 17.7 Å². The van der Waals surface area contributed by atoms with Crippen LogP contribution in [0.25, 0.3) is 0 Å². The first-order valence-corrected chi connectivity index (χ1v) is 6.98. The Bertz CT molecular complexity index is 611. The lowest BCUT2D eigenvalue weighted by Gasteiger charge is -2.11. The first-order valence-electron chi connectivity index (χ1n) is 6.98. The first-order chi connectivity index (χ1) is 10.2. The lowest BCUT2D eigenvalue weighted by Crippen LogP contribution is -2.11. The molecule has 21 heavy (non-hydrogen) atoms. The normalized spacial score (nSPS) is 10.0. The highest BCUT2D eigenvalue weighted by Crippen LogP contribution is 2.17. The highest BCUT2D eigenvalue weighted by atomic mass is 16.5. The van der Waals surface area contributed by atoms with Crippen LogP contribution in [0.3, 0.4) is 0 Å². The number of anilines is 2. The number of aryl methyl sites for hydroxylation is 1. The number of carbonyl (C=O) groups excluding carboxylic acids is 1. The molecule has 0 aromatic heterocycles. The zero-order valence-electron chi connectivity index (χ0n) is 12.3. The summed E-state index contributed by atoms with van der Waals surface area (Å²) in [5, 5.41) is 6.03. The fraction of sp³-hybridized carbons (Fsp3) is 0.235. The molecule has 4 heteroatoms. The molecule has 0 saturated heterocycles. The maximum absolute atomic E-state index is 11.2. The van der Waals surface area contributed by atoms with Crippen molar-refractivity contribution in [2.24, 2.45) is 0 Å². The van der Waals surface area contributed by atoms with Crippen LogP contribution in [0.15, 0.2) is 48.5 Å². The van der Waals surface area contributed by atoms with E-state index in [9.17, 15) is 4.79 Å². The Morgan fingerprint density at radius 3 is 2.48 bits per heavy atom. The number of methoxy groups -OCH3 is 1. The maximum Gasteiger partial charge on any atom is 0.411 e. The fourth-order valence-corrected chi connectivity index (χ4v) is 2.15. The van der Waals surface area contributed by atoms with E-state index in [0.29, 0.717) is 5.69 Å². The molecule has 2 aromatic rings. The van der Waals surface area contributed by atoms with E-state index >= 15 is 0 Å². The van der Waals surface area contributed by atoms with Gasteiger partial charge in [-0.1, -0.05) is 37.3 Å². The number of benzene rings is 2. The largest absolute Gasteiger partial charge is 0.453 e. The van der Waals surface area contributed by atoms with Crippen LogP contribution in [0.1, 0.15) is 18.1 Å². The van der Waals surface area contributed by atoms with Crippen LogP contribution in [0, 0.1) is 0 Å². The minimum atomic E-state index is -0.469. The van der Waals surface area contributed by atoms with Crippen molar-refractivity contribution in [1.82, 2.24) is 0 Å². The molecule has 0 radical (unpaired) electrons. The molecule has 0 aliphatic heterocycles. The van der Waals surface area contributed by atoms with Crippen molar-refractivity contribution in [1.29, 1.82) is 0 Å². The molecule has 1 amide bonds. The summed E-state index contributed by atoms with van der Waals surface area (Å²) in [6.07, 6.45) is 0.547. The Morgan fingerprint density at radius 2 is 1.76 bits per heavy atom. The molecular weight excluding hydrogens is 264 g/mol. The molecule has 0 heterocycles. The highest BCUT2D eigenvalue weighted by molar-refractivity contribution is 5.85. The second-order valence-electron chi connectivity index (χ2n) is 4.67. The van der Waals surface area contributed by atoms with Gasteiger partial charge in [-0.15, -0.1) is 0 Å². The molecule has 0 spiro atoms. The summed E-state index contributed by atoms with van der Waals surface area (Å²) in [5.41, 5.74) is 4.28. The quantitative estimate of drug-likeness (QED) is 0.871. The van der Waals surface area contributed by atoms with Gasteiger partial charge in [0.25, 0.3) is 0 Å². The Morgan fingerprint density at radius 1 is 1.05 bits per heavy atom. The van der Waals surface area contributed by atoms with Crippen molar-refractivity contribution in [2.75, 3.05) is 17.7 Å². The summed E-state index contributed by atoms with van der Waals surface area (Å²) >= 11 is 0. The van der Waals surface area contributed by atoms with Gasteiger partial charge in [0.15, 0.2) is 0 Å². The van der Waals surface area contributed by atoms with Gasteiger partial charge in [-0.25, -0.2) is 4.79 Å². The summed E-state index contributed by atoms with van der Waals surface area (Å²) < 4.78 is 4.58. The van der Waals surface area contributed by atoms with Crippen LogP contribution >= 0.6 is 0 Å². The van der Waals surface area contributed by atoms with Crippen LogP contribution < -0.4 is 10.6 Å². The molecule has 0 aliphatic rings. The minimum Gasteiger partial charge on any atom is -0.453 e. The van der Waals surface area contributed by atoms with Gasteiger partial charge in [-0.2, -0.15) is 0 Å². The Labute approximate surface area is 125 Å². The van der Waals surface area contributed by atoms with Crippen molar-refractivity contribution < 1.29 is 9.53 Å². The van der Waals surface area contributed by atoms with Gasteiger partial charge in [0.2, 0.25) is 0 Å². The first kappa shape index (κ1) is 14.9. The van der Waals surface area contributed by atoms with Crippen molar-refractivity contribution >= 4 is 17.5 Å². The number of nitrogens with one attached hydrogen (secondary N) is 2. The van der Waals surface area contributed by atoms with E-state index in [4.69, 9.17) is 0 Å². The van der Waals surface area contributed by atoms with E-state index in [1.165, 1.54) is 18.2 Å². The maximum atomic E-state index is 11.2. The van der Waals surface area contributed by atoms with Crippen LogP contribution in [0.2, 0.25) is 0 Å². The van der Waals surface area contributed by atoms with Crippen molar-refractivity contribution in [3.8, 4) is 0 Å². The lowest BCUT2D eigenvalue weighted by atomic mass is 10.1. The molecule has 2 aromatic carbocycles. The number of ether oxygens (including phenoxy) is 1. The van der Waals surface area contributed by atoms with Crippen LogP contribution in [0.5, 0.6) is 0 Å². The molecule has 0 saturated carbocycles. The molecular formula is C17H20N2O2. The van der Waals surface area contributed by atoms with Gasteiger partial charge in [-0.3, -0.25) is 5.32 Å². The molecule has 0 aliphatic carbocycles. The summed E-state index contributed by atoms with van der Waals surface area (Å²) in [5.74, 6) is 0. The SMILES string of the molecule is CCc1ccccc1CNc1cccc(NC(=O)OC)c1. The Balaban J connectivity index is 2.03. The van der Waals surface area contributed by atoms with Crippen LogP contribution in [-0.4, -0.2) is 13.2 Å². The molecule has 0 unspecified atom stereocenters. The number of hydrogen-bond donors (Lipinski definition) is 2. The van der Waals surface area contributed by atoms with Gasteiger partial charge < -0.3 is 10.1 Å². The van der Waals surface area contributed by atoms with Crippen LogP contribution in [0.4, 0.5) is 16.2 Å². The standard InChI is InChI=1S/C17H20N2O2/c1-3-13-7-4-5-8-14(13)12-18-15-9-6-10-16(11-15)19-17(20)21-2/h4-11,18H,3,12H2,1-2H3,(H,19,20). The molecule has 0 fully saturated rings. The van der Waals surface area contributed by atoms with E-state index in [-0.39, 0.29) is 0 Å². The van der Waals surface area contributed by atoms with E-state index in [1.54, 1.807) is 0 Å². The molecule has 110 valence electrons. The molecule has 0 atom stereocenters. The Kier molecular flexibility index (Phi) is 5.21. The summed E-state index contributed by atoms with van der Waals surface area (Å²) in [6.45, 7) is 2.91. The molecule has 2 rings (SSSR count). The van der Waals surface area contributed by atoms with Gasteiger partial charge in [0, 0.05) is 17.9 Å². The third-order valence-electron chi connectivity index (χ3n) is 3.28. The van der Waals surface area contributed by atoms with Crippen molar-refractivity contribution in [2.45, 2.75) is 19.9 Å². The minimum absolute atomic E-state index is 0.469. The number of amides is 1. The van der Waals surface area contributed by atoms with E-state index in [2.05, 4.69) is 40.5 Å². The molecule has 4 nitrogen and oxygen atoms in total. The zero-order valence-corrected chi connectivity index (χ0v) is 12.3. The summed E-state index contributed by atoms with van der Waals surface area (Å²) in [7, 11) is 1.35. The average Bonchev–Trinajstić information content (AvgIpc) is 2.53. The molecule has 0 bridgehead atoms. The summed E-state index contributed by atoms with van der Waals surface area (Å²) in [4.78, 5) is 11.2. The van der Waals surface area contributed by atoms with Crippen molar-refractivity contribution in [3.63, 3.8) is 0 Å². The number of hydrogen-bond acceptors (Lipinski definition) is 3. The summed E-state index contributed by atoms with van der Waals surface area (Å²) in [6, 6.07) is 15.9. The smallest absolute Gasteiger partial charge is 0.411 e. The molecule has 2 N–H and O–H groups in total. The van der Waals surface area contributed by atoms with E-state index < -0.39 is 6.09 Å². The fourth-order valence-electron chi connectivity index (χ4n) is 2.15. The van der Waals surface area contributed by atoms with E-state index in [1.807, 2.05) is 30.3 Å². The second-order valence-corrected chi connectivity index (χ2v) is 4.67. The zero-order chi connectivity index (χ0) is 15.1. The van der Waals surface area contributed by atoms with Gasteiger partial charge >= 0.3 is 6.09 Å². The number of carbonyl (C=O) groups is 1. The van der Waals surface area contributed by atoms with Gasteiger partial charge in [0.1, 0.15) is 0 Å². The van der Waals surface area contributed by atoms with E-state index in [0.717, 1.165) is 18.7 Å². The predicted molar refractivity (Wildman–Crippen MR) is 85.6 cm³/mol. The average molecular weight is 284 g/mol. The van der Waals surface area contributed by atoms with Gasteiger partial charge in [0.05, 0.1) is 7.11 Å². The number of rotatable bonds is 5. The van der Waals surface area contributed by atoms with Crippen molar-refractivity contribution in [3.05, 3.63) is 59.7 Å². The third kappa shape index (κ3) is 4.24. The Hall–Kier alpha value is -2.49. The highest BCUT2D eigenvalue weighted by Gasteiger charge is 2.03. The second kappa shape index (κ2) is 7.33. The monoisotopic (exact) mass is 284 g/mol. The third-order valence-corrected chi connectivity index (χ3v) is 3.28. The lowest BCUT2D eigenvalue weighted by molar-refractivity contribution is 0.187. The van der Waals surface area contributed by atoms with Gasteiger partial charge in [-0.05, 0) is 35.7 Å². The predicted octanol–water partition coefficient (Wildman–Crippen LogP) is 4.04. The topological polar surface area (TPSA) is 50.4 Å².